The minimum absolute atomic E-state index is 0.00749. The number of rotatable bonds is 9. The lowest BCUT2D eigenvalue weighted by Crippen LogP contribution is -2.54. The number of hydrogen-bond donors (Lipinski definition) is 1. The average Bonchev–Trinajstić information content (AvgIpc) is 2.94. The molecule has 3 aromatic carbocycles. The first-order valence-electron chi connectivity index (χ1n) is 13.3. The third kappa shape index (κ3) is 7.29. The Morgan fingerprint density at radius 1 is 0.929 bits per heavy atom. The Morgan fingerprint density at radius 3 is 2.17 bits per heavy atom. The van der Waals surface area contributed by atoms with Gasteiger partial charge in [-0.2, -0.15) is 0 Å². The first-order valence-corrected chi connectivity index (χ1v) is 15.5. The summed E-state index contributed by atoms with van der Waals surface area (Å²) in [6.45, 7) is 6.96. The molecule has 224 valence electrons. The highest BCUT2D eigenvalue weighted by molar-refractivity contribution is 7.92. The van der Waals surface area contributed by atoms with E-state index >= 15 is 0 Å². The number of nitrogens with one attached hydrogen (secondary N) is 1. The van der Waals surface area contributed by atoms with Gasteiger partial charge in [0.15, 0.2) is 11.5 Å². The molecule has 42 heavy (non-hydrogen) atoms. The average molecular weight is 635 g/mol. The summed E-state index contributed by atoms with van der Waals surface area (Å²) >= 11 is 12.9. The second-order valence-electron chi connectivity index (χ2n) is 10.8. The zero-order valence-electron chi connectivity index (χ0n) is 23.8. The van der Waals surface area contributed by atoms with Crippen LogP contribution >= 0.6 is 23.2 Å². The van der Waals surface area contributed by atoms with E-state index in [-0.39, 0.29) is 17.1 Å². The van der Waals surface area contributed by atoms with Gasteiger partial charge in [-0.15, -0.1) is 0 Å². The molecule has 2 amide bonds. The largest absolute Gasteiger partial charge is 0.486 e. The van der Waals surface area contributed by atoms with Gasteiger partial charge in [0.25, 0.3) is 10.0 Å². The van der Waals surface area contributed by atoms with Crippen molar-refractivity contribution in [3.8, 4) is 11.5 Å². The maximum absolute atomic E-state index is 14.1. The molecule has 1 heterocycles. The van der Waals surface area contributed by atoms with Gasteiger partial charge in [-0.05, 0) is 64.1 Å². The van der Waals surface area contributed by atoms with Crippen LogP contribution in [0.5, 0.6) is 11.5 Å². The molecule has 1 aliphatic heterocycles. The molecule has 0 spiro atoms. The monoisotopic (exact) mass is 633 g/mol. The maximum Gasteiger partial charge on any atom is 0.264 e. The van der Waals surface area contributed by atoms with Gasteiger partial charge >= 0.3 is 0 Å². The third-order valence-corrected chi connectivity index (χ3v) is 8.98. The molecule has 3 aromatic rings. The number of carbonyl (C=O) groups excluding carboxylic acids is 2. The van der Waals surface area contributed by atoms with E-state index in [1.54, 1.807) is 55.5 Å². The fraction of sp³-hybridized carbons (Fsp3) is 0.333. The van der Waals surface area contributed by atoms with E-state index in [1.807, 2.05) is 20.8 Å². The molecule has 0 bridgehead atoms. The van der Waals surface area contributed by atoms with Crippen molar-refractivity contribution >= 4 is 50.7 Å². The fourth-order valence-corrected chi connectivity index (χ4v) is 6.29. The van der Waals surface area contributed by atoms with Crippen LogP contribution in [0.4, 0.5) is 5.69 Å². The number of carbonyl (C=O) groups is 2. The number of benzene rings is 3. The molecule has 0 radical (unpaired) electrons. The topological polar surface area (TPSA) is 105 Å². The predicted octanol–water partition coefficient (Wildman–Crippen LogP) is 5.29. The van der Waals surface area contributed by atoms with Crippen LogP contribution in [0, 0.1) is 0 Å². The van der Waals surface area contributed by atoms with Crippen molar-refractivity contribution in [3.63, 3.8) is 0 Å². The second-order valence-corrected chi connectivity index (χ2v) is 13.5. The number of ether oxygens (including phenoxy) is 2. The Kier molecular flexibility index (Phi) is 9.60. The standard InChI is InChI=1S/C30H33Cl2N3O6S/c1-20(29(37)33-30(2,3)4)34(18-23-24(31)11-8-12-25(23)32)28(36)19-35(42(38,39)22-9-6-5-7-10-22)21-13-14-26-27(17-21)41-16-15-40-26/h5-14,17,20H,15-16,18-19H2,1-4H3,(H,33,37). The summed E-state index contributed by atoms with van der Waals surface area (Å²) in [6, 6.07) is 16.4. The Balaban J connectivity index is 1.77. The summed E-state index contributed by atoms with van der Waals surface area (Å²) in [5, 5.41) is 3.50. The van der Waals surface area contributed by atoms with Crippen molar-refractivity contribution in [2.24, 2.45) is 0 Å². The quantitative estimate of drug-likeness (QED) is 0.343. The molecule has 0 saturated carbocycles. The van der Waals surface area contributed by atoms with Gasteiger partial charge in [0.05, 0.1) is 10.6 Å². The summed E-state index contributed by atoms with van der Waals surface area (Å²) in [7, 11) is -4.24. The number of nitrogens with zero attached hydrogens (tertiary/aromatic N) is 2. The molecule has 1 atom stereocenters. The normalized spacial score (nSPS) is 13.7. The highest BCUT2D eigenvalue weighted by atomic mass is 35.5. The first-order chi connectivity index (χ1) is 19.8. The van der Waals surface area contributed by atoms with Crippen molar-refractivity contribution in [2.75, 3.05) is 24.1 Å². The summed E-state index contributed by atoms with van der Waals surface area (Å²) < 4.78 is 40.2. The molecule has 4 rings (SSSR count). The fourth-order valence-electron chi connectivity index (χ4n) is 4.35. The number of hydrogen-bond acceptors (Lipinski definition) is 6. The number of sulfonamides is 1. The molecule has 1 unspecified atom stereocenters. The lowest BCUT2D eigenvalue weighted by atomic mass is 10.1. The van der Waals surface area contributed by atoms with Crippen LogP contribution in [0.3, 0.4) is 0 Å². The van der Waals surface area contributed by atoms with Crippen molar-refractivity contribution in [3.05, 3.63) is 82.3 Å². The third-order valence-electron chi connectivity index (χ3n) is 6.48. The van der Waals surface area contributed by atoms with E-state index in [9.17, 15) is 18.0 Å². The number of amides is 2. The van der Waals surface area contributed by atoms with Crippen LogP contribution in [0.25, 0.3) is 0 Å². The van der Waals surface area contributed by atoms with Crippen LogP contribution in [0.15, 0.2) is 71.6 Å². The molecule has 0 saturated heterocycles. The molecular weight excluding hydrogens is 601 g/mol. The Bertz CT molecular complexity index is 1540. The van der Waals surface area contributed by atoms with Crippen LogP contribution in [-0.4, -0.2) is 56.5 Å². The van der Waals surface area contributed by atoms with Gasteiger partial charge in [-0.1, -0.05) is 47.5 Å². The van der Waals surface area contributed by atoms with Crippen molar-refractivity contribution in [2.45, 2.75) is 50.7 Å². The van der Waals surface area contributed by atoms with Gasteiger partial charge < -0.3 is 19.7 Å². The zero-order valence-corrected chi connectivity index (χ0v) is 26.1. The van der Waals surface area contributed by atoms with E-state index in [0.717, 1.165) is 4.31 Å². The molecule has 0 aromatic heterocycles. The second kappa shape index (κ2) is 12.8. The Morgan fingerprint density at radius 2 is 1.55 bits per heavy atom. The van der Waals surface area contributed by atoms with Crippen LogP contribution in [0.2, 0.25) is 10.0 Å². The SMILES string of the molecule is CC(C(=O)NC(C)(C)C)N(Cc1c(Cl)cccc1Cl)C(=O)CN(c1ccc2c(c1)OCCO2)S(=O)(=O)c1ccccc1. The number of fused-ring (bicyclic) bond motifs is 1. The van der Waals surface area contributed by atoms with Crippen molar-refractivity contribution in [1.29, 1.82) is 0 Å². The first kappa shape index (κ1) is 31.5. The maximum atomic E-state index is 14.1. The minimum Gasteiger partial charge on any atom is -0.486 e. The Labute approximate surface area is 256 Å². The molecular formula is C30H33Cl2N3O6S. The lowest BCUT2D eigenvalue weighted by molar-refractivity contribution is -0.140. The molecule has 0 aliphatic carbocycles. The molecule has 12 heteroatoms. The molecule has 1 aliphatic rings. The molecule has 9 nitrogen and oxygen atoms in total. The molecule has 1 N–H and O–H groups in total. The van der Waals surface area contributed by atoms with Crippen LogP contribution < -0.4 is 19.1 Å². The van der Waals surface area contributed by atoms with Gasteiger partial charge in [0.2, 0.25) is 11.8 Å². The predicted molar refractivity (Wildman–Crippen MR) is 163 cm³/mol. The van der Waals surface area contributed by atoms with Crippen LogP contribution in [0.1, 0.15) is 33.3 Å². The van der Waals surface area contributed by atoms with E-state index in [4.69, 9.17) is 32.7 Å². The van der Waals surface area contributed by atoms with Crippen molar-refractivity contribution in [1.82, 2.24) is 10.2 Å². The van der Waals surface area contributed by atoms with Crippen LogP contribution in [-0.2, 0) is 26.2 Å². The minimum atomic E-state index is -4.24. The summed E-state index contributed by atoms with van der Waals surface area (Å²) in [5.74, 6) is -0.235. The van der Waals surface area contributed by atoms with E-state index in [2.05, 4.69) is 5.32 Å². The van der Waals surface area contributed by atoms with E-state index in [0.29, 0.717) is 40.3 Å². The van der Waals surface area contributed by atoms with Gasteiger partial charge in [-0.25, -0.2) is 8.42 Å². The Hall–Kier alpha value is -3.47. The van der Waals surface area contributed by atoms with E-state index < -0.39 is 40.0 Å². The lowest BCUT2D eigenvalue weighted by Gasteiger charge is -2.34. The van der Waals surface area contributed by atoms with Gasteiger partial charge in [0.1, 0.15) is 25.8 Å². The highest BCUT2D eigenvalue weighted by Crippen LogP contribution is 2.36. The number of anilines is 1. The van der Waals surface area contributed by atoms with Crippen molar-refractivity contribution < 1.29 is 27.5 Å². The van der Waals surface area contributed by atoms with Gasteiger partial charge in [0, 0.05) is 33.8 Å². The number of halogens is 2. The van der Waals surface area contributed by atoms with E-state index in [1.165, 1.54) is 23.1 Å². The summed E-state index contributed by atoms with van der Waals surface area (Å²) in [5.41, 5.74) is 0.0519. The molecule has 0 fully saturated rings. The van der Waals surface area contributed by atoms with Gasteiger partial charge in [-0.3, -0.25) is 13.9 Å². The smallest absolute Gasteiger partial charge is 0.264 e. The zero-order chi connectivity index (χ0) is 30.7. The summed E-state index contributed by atoms with van der Waals surface area (Å²) in [4.78, 5) is 28.7. The summed E-state index contributed by atoms with van der Waals surface area (Å²) in [6.07, 6.45) is 0. The highest BCUT2D eigenvalue weighted by Gasteiger charge is 2.34.